The smallest absolute Gasteiger partial charge is 0.223 e. The van der Waals surface area contributed by atoms with Gasteiger partial charge in [0, 0.05) is 17.5 Å². The average Bonchev–Trinajstić information content (AvgIpc) is 2.70. The molecular weight excluding hydrogens is 372 g/mol. The van der Waals surface area contributed by atoms with E-state index in [9.17, 15) is 4.79 Å². The Labute approximate surface area is 172 Å². The molecular formula is C23H29ClN2O2. The molecule has 0 bridgehead atoms. The molecule has 0 spiro atoms. The van der Waals surface area contributed by atoms with Gasteiger partial charge in [-0.25, -0.2) is 0 Å². The molecule has 1 N–H and O–H groups in total. The number of carbonyl (C=O) groups excluding carboxylic acids is 1. The van der Waals surface area contributed by atoms with Crippen molar-refractivity contribution in [3.8, 4) is 5.75 Å². The summed E-state index contributed by atoms with van der Waals surface area (Å²) in [5.41, 5.74) is 3.55. The quantitative estimate of drug-likeness (QED) is 0.702. The predicted octanol–water partition coefficient (Wildman–Crippen LogP) is 4.36. The Morgan fingerprint density at radius 1 is 1.14 bits per heavy atom. The lowest BCUT2D eigenvalue weighted by Gasteiger charge is -2.31. The third-order valence-corrected chi connectivity index (χ3v) is 5.53. The lowest BCUT2D eigenvalue weighted by Crippen LogP contribution is -2.41. The number of piperidine rings is 1. The van der Waals surface area contributed by atoms with Crippen molar-refractivity contribution in [2.24, 2.45) is 5.92 Å². The van der Waals surface area contributed by atoms with Crippen LogP contribution in [0, 0.1) is 19.8 Å². The molecule has 0 unspecified atom stereocenters. The maximum atomic E-state index is 12.4. The molecule has 3 rings (SSSR count). The number of hydrogen-bond donors (Lipinski definition) is 1. The molecule has 1 aliphatic heterocycles. The van der Waals surface area contributed by atoms with E-state index < -0.39 is 0 Å². The highest BCUT2D eigenvalue weighted by Gasteiger charge is 2.24. The Hall–Kier alpha value is -2.04. The van der Waals surface area contributed by atoms with Gasteiger partial charge in [-0.05, 0) is 74.7 Å². The van der Waals surface area contributed by atoms with Gasteiger partial charge in [-0.15, -0.1) is 0 Å². The first-order chi connectivity index (χ1) is 13.5. The van der Waals surface area contributed by atoms with Crippen LogP contribution in [0.2, 0.25) is 5.02 Å². The van der Waals surface area contributed by atoms with Crippen LogP contribution in [0.1, 0.15) is 29.5 Å². The Balaban J connectivity index is 1.35. The molecule has 1 saturated heterocycles. The number of carbonyl (C=O) groups is 1. The molecule has 0 aromatic heterocycles. The molecule has 0 radical (unpaired) electrons. The van der Waals surface area contributed by atoms with Crippen LogP contribution in [-0.4, -0.2) is 37.0 Å². The standard InChI is InChI=1S/C23H29ClN2O2/c1-17-3-4-18(2)22(15-17)28-14-11-25-23(27)20-9-12-26(13-10-20)16-19-5-7-21(24)8-6-19/h3-8,15,20H,9-14,16H2,1-2H3,(H,25,27). The van der Waals surface area contributed by atoms with E-state index in [1.165, 1.54) is 11.1 Å². The summed E-state index contributed by atoms with van der Waals surface area (Å²) in [6.07, 6.45) is 1.80. The summed E-state index contributed by atoms with van der Waals surface area (Å²) in [6, 6.07) is 14.2. The van der Waals surface area contributed by atoms with Gasteiger partial charge >= 0.3 is 0 Å². The molecule has 1 aliphatic rings. The largest absolute Gasteiger partial charge is 0.491 e. The second-order valence-corrected chi connectivity index (χ2v) is 8.02. The van der Waals surface area contributed by atoms with E-state index in [0.29, 0.717) is 13.2 Å². The molecule has 4 nitrogen and oxygen atoms in total. The number of aryl methyl sites for hydroxylation is 2. The van der Waals surface area contributed by atoms with Crippen molar-refractivity contribution in [3.05, 3.63) is 64.2 Å². The van der Waals surface area contributed by atoms with Crippen LogP contribution in [0.25, 0.3) is 0 Å². The predicted molar refractivity (Wildman–Crippen MR) is 114 cm³/mol. The van der Waals surface area contributed by atoms with Crippen molar-refractivity contribution >= 4 is 17.5 Å². The first-order valence-electron chi connectivity index (χ1n) is 9.96. The highest BCUT2D eigenvalue weighted by Crippen LogP contribution is 2.21. The second-order valence-electron chi connectivity index (χ2n) is 7.59. The lowest BCUT2D eigenvalue weighted by molar-refractivity contribution is -0.126. The molecule has 150 valence electrons. The number of halogens is 1. The van der Waals surface area contributed by atoms with Gasteiger partial charge in [0.1, 0.15) is 12.4 Å². The van der Waals surface area contributed by atoms with E-state index in [-0.39, 0.29) is 11.8 Å². The molecule has 28 heavy (non-hydrogen) atoms. The summed E-state index contributed by atoms with van der Waals surface area (Å²) in [5, 5.41) is 3.79. The zero-order valence-electron chi connectivity index (χ0n) is 16.7. The summed E-state index contributed by atoms with van der Waals surface area (Å²) in [6.45, 7) is 7.91. The van der Waals surface area contributed by atoms with E-state index in [1.807, 2.05) is 32.0 Å². The number of rotatable bonds is 7. The molecule has 2 aromatic carbocycles. The second kappa shape index (κ2) is 9.94. The highest BCUT2D eigenvalue weighted by molar-refractivity contribution is 6.30. The van der Waals surface area contributed by atoms with Crippen LogP contribution >= 0.6 is 11.6 Å². The minimum absolute atomic E-state index is 0.0992. The third kappa shape index (κ3) is 5.98. The van der Waals surface area contributed by atoms with Crippen molar-refractivity contribution in [3.63, 3.8) is 0 Å². The summed E-state index contributed by atoms with van der Waals surface area (Å²) < 4.78 is 5.81. The molecule has 1 fully saturated rings. The summed E-state index contributed by atoms with van der Waals surface area (Å²) in [4.78, 5) is 14.8. The van der Waals surface area contributed by atoms with Crippen LogP contribution in [0.4, 0.5) is 0 Å². The third-order valence-electron chi connectivity index (χ3n) is 5.28. The molecule has 5 heteroatoms. The van der Waals surface area contributed by atoms with Gasteiger partial charge in [0.15, 0.2) is 0 Å². The van der Waals surface area contributed by atoms with Crippen molar-refractivity contribution in [2.45, 2.75) is 33.2 Å². The summed E-state index contributed by atoms with van der Waals surface area (Å²) in [5.74, 6) is 1.14. The van der Waals surface area contributed by atoms with Crippen LogP contribution in [-0.2, 0) is 11.3 Å². The Morgan fingerprint density at radius 3 is 2.57 bits per heavy atom. The minimum atomic E-state index is 0.0992. The molecule has 0 aliphatic carbocycles. The molecule has 2 aromatic rings. The van der Waals surface area contributed by atoms with Crippen molar-refractivity contribution in [2.75, 3.05) is 26.2 Å². The number of benzene rings is 2. The van der Waals surface area contributed by atoms with Crippen LogP contribution < -0.4 is 10.1 Å². The van der Waals surface area contributed by atoms with Crippen molar-refractivity contribution in [1.82, 2.24) is 10.2 Å². The molecule has 1 amide bonds. The first-order valence-corrected chi connectivity index (χ1v) is 10.3. The summed E-state index contributed by atoms with van der Waals surface area (Å²) >= 11 is 5.94. The molecule has 0 saturated carbocycles. The van der Waals surface area contributed by atoms with Gasteiger partial charge < -0.3 is 10.1 Å². The number of nitrogens with one attached hydrogen (secondary N) is 1. The minimum Gasteiger partial charge on any atom is -0.491 e. The normalized spacial score (nSPS) is 15.4. The highest BCUT2D eigenvalue weighted by atomic mass is 35.5. The zero-order valence-corrected chi connectivity index (χ0v) is 17.5. The monoisotopic (exact) mass is 400 g/mol. The van der Waals surface area contributed by atoms with E-state index in [4.69, 9.17) is 16.3 Å². The zero-order chi connectivity index (χ0) is 19.9. The Morgan fingerprint density at radius 2 is 1.86 bits per heavy atom. The van der Waals surface area contributed by atoms with Gasteiger partial charge in [-0.3, -0.25) is 9.69 Å². The number of ether oxygens (including phenoxy) is 1. The number of hydrogen-bond acceptors (Lipinski definition) is 3. The van der Waals surface area contributed by atoms with Crippen molar-refractivity contribution in [1.29, 1.82) is 0 Å². The topological polar surface area (TPSA) is 41.6 Å². The first kappa shape index (κ1) is 20.7. The number of amides is 1. The van der Waals surface area contributed by atoms with Gasteiger partial charge in [-0.2, -0.15) is 0 Å². The summed E-state index contributed by atoms with van der Waals surface area (Å²) in [7, 11) is 0. The lowest BCUT2D eigenvalue weighted by atomic mass is 9.95. The fourth-order valence-electron chi connectivity index (χ4n) is 3.54. The van der Waals surface area contributed by atoms with Crippen LogP contribution in [0.5, 0.6) is 5.75 Å². The van der Waals surface area contributed by atoms with E-state index in [2.05, 4.69) is 34.5 Å². The van der Waals surface area contributed by atoms with E-state index >= 15 is 0 Å². The van der Waals surface area contributed by atoms with E-state index in [1.54, 1.807) is 0 Å². The molecule has 0 atom stereocenters. The van der Waals surface area contributed by atoms with Crippen molar-refractivity contribution < 1.29 is 9.53 Å². The number of likely N-dealkylation sites (tertiary alicyclic amines) is 1. The van der Waals surface area contributed by atoms with Crippen LogP contribution in [0.15, 0.2) is 42.5 Å². The fraction of sp³-hybridized carbons (Fsp3) is 0.435. The van der Waals surface area contributed by atoms with E-state index in [0.717, 1.165) is 48.8 Å². The number of nitrogens with zero attached hydrogens (tertiary/aromatic N) is 1. The van der Waals surface area contributed by atoms with Gasteiger partial charge in [0.05, 0.1) is 6.54 Å². The maximum Gasteiger partial charge on any atom is 0.223 e. The maximum absolute atomic E-state index is 12.4. The Bertz CT molecular complexity index is 784. The molecule has 1 heterocycles. The van der Waals surface area contributed by atoms with Gasteiger partial charge in [0.2, 0.25) is 5.91 Å². The Kier molecular flexibility index (Phi) is 7.35. The average molecular weight is 401 g/mol. The fourth-order valence-corrected chi connectivity index (χ4v) is 3.67. The van der Waals surface area contributed by atoms with Gasteiger partial charge in [-0.1, -0.05) is 35.9 Å². The SMILES string of the molecule is Cc1ccc(C)c(OCCNC(=O)C2CCN(Cc3ccc(Cl)cc3)CC2)c1. The van der Waals surface area contributed by atoms with Crippen LogP contribution in [0.3, 0.4) is 0 Å². The van der Waals surface area contributed by atoms with Gasteiger partial charge in [0.25, 0.3) is 0 Å².